The van der Waals surface area contributed by atoms with Gasteiger partial charge < -0.3 is 15.4 Å². The average molecular weight is 396 g/mol. The molecule has 1 aliphatic heterocycles. The maximum absolute atomic E-state index is 12.7. The first-order chi connectivity index (χ1) is 12.3. The minimum atomic E-state index is -1.09. The molecule has 1 aliphatic rings. The first-order valence-corrected chi connectivity index (χ1v) is 8.07. The fourth-order valence-corrected chi connectivity index (χ4v) is 3.02. The van der Waals surface area contributed by atoms with Crippen molar-refractivity contribution >= 4 is 46.4 Å². The van der Waals surface area contributed by atoms with Crippen LogP contribution in [0.3, 0.4) is 0 Å². The summed E-state index contributed by atoms with van der Waals surface area (Å²) in [5.41, 5.74) is 0.533. The zero-order chi connectivity index (χ0) is 18.8. The largest absolute Gasteiger partial charge is 0.482 e. The number of amides is 2. The van der Waals surface area contributed by atoms with Gasteiger partial charge in [-0.25, -0.2) is 0 Å². The Morgan fingerprint density at radius 3 is 2.62 bits per heavy atom. The normalized spacial score (nSPS) is 15.9. The summed E-state index contributed by atoms with van der Waals surface area (Å²) in [6.07, 6.45) is 0. The van der Waals surface area contributed by atoms with Crippen LogP contribution in [0.15, 0.2) is 36.4 Å². The van der Waals surface area contributed by atoms with E-state index in [0.717, 1.165) is 0 Å². The first kappa shape index (κ1) is 18.0. The summed E-state index contributed by atoms with van der Waals surface area (Å²) in [4.78, 5) is 34.7. The van der Waals surface area contributed by atoms with Gasteiger partial charge in [0.15, 0.2) is 6.61 Å². The van der Waals surface area contributed by atoms with E-state index in [1.165, 1.54) is 36.4 Å². The van der Waals surface area contributed by atoms with Crippen molar-refractivity contribution in [1.82, 2.24) is 5.32 Å². The van der Waals surface area contributed by atoms with Gasteiger partial charge in [-0.1, -0.05) is 23.2 Å². The van der Waals surface area contributed by atoms with Crippen molar-refractivity contribution < 1.29 is 19.2 Å². The van der Waals surface area contributed by atoms with Crippen LogP contribution in [0.4, 0.5) is 11.4 Å². The van der Waals surface area contributed by atoms with Gasteiger partial charge in [-0.2, -0.15) is 0 Å². The standard InChI is InChI=1S/C16H11Cl2N3O5/c17-8-5-11-14(20-13(22)7-26-15(11)12(18)6-8)16(23)19-9-1-3-10(4-2-9)21(24)25/h1-6,14H,7H2,(H,19,23)(H,20,22). The maximum Gasteiger partial charge on any atom is 0.269 e. The molecule has 10 heteroatoms. The molecule has 0 saturated carbocycles. The van der Waals surface area contributed by atoms with E-state index in [1.54, 1.807) is 0 Å². The number of rotatable bonds is 3. The van der Waals surface area contributed by atoms with Crippen LogP contribution in [0, 0.1) is 10.1 Å². The molecular weight excluding hydrogens is 385 g/mol. The van der Waals surface area contributed by atoms with Gasteiger partial charge in [-0.15, -0.1) is 0 Å². The van der Waals surface area contributed by atoms with E-state index in [2.05, 4.69) is 10.6 Å². The Balaban J connectivity index is 1.90. The fraction of sp³-hybridized carbons (Fsp3) is 0.125. The van der Waals surface area contributed by atoms with Crippen LogP contribution in [0.25, 0.3) is 0 Å². The summed E-state index contributed by atoms with van der Waals surface area (Å²) >= 11 is 12.1. The molecule has 2 aromatic rings. The molecule has 0 radical (unpaired) electrons. The van der Waals surface area contributed by atoms with E-state index < -0.39 is 22.8 Å². The summed E-state index contributed by atoms with van der Waals surface area (Å²) in [6, 6.07) is 7.12. The number of carbonyl (C=O) groups excluding carboxylic acids is 2. The van der Waals surface area contributed by atoms with Crippen LogP contribution >= 0.6 is 23.2 Å². The summed E-state index contributed by atoms with van der Waals surface area (Å²) in [5, 5.41) is 16.3. The van der Waals surface area contributed by atoms with Crippen LogP contribution in [-0.2, 0) is 9.59 Å². The van der Waals surface area contributed by atoms with Gasteiger partial charge in [-0.05, 0) is 24.3 Å². The van der Waals surface area contributed by atoms with Gasteiger partial charge >= 0.3 is 0 Å². The minimum Gasteiger partial charge on any atom is -0.482 e. The number of fused-ring (bicyclic) bond motifs is 1. The third kappa shape index (κ3) is 3.71. The zero-order valence-electron chi connectivity index (χ0n) is 13.0. The van der Waals surface area contributed by atoms with Crippen LogP contribution in [0.2, 0.25) is 10.0 Å². The summed E-state index contributed by atoms with van der Waals surface area (Å²) in [7, 11) is 0. The van der Waals surface area contributed by atoms with Crippen molar-refractivity contribution in [1.29, 1.82) is 0 Å². The third-order valence-electron chi connectivity index (χ3n) is 3.61. The third-order valence-corrected chi connectivity index (χ3v) is 4.11. The molecule has 0 bridgehead atoms. The van der Waals surface area contributed by atoms with Gasteiger partial charge in [0, 0.05) is 28.4 Å². The lowest BCUT2D eigenvalue weighted by molar-refractivity contribution is -0.384. The molecule has 2 amide bonds. The highest BCUT2D eigenvalue weighted by Gasteiger charge is 2.31. The summed E-state index contributed by atoms with van der Waals surface area (Å²) < 4.78 is 5.36. The summed E-state index contributed by atoms with van der Waals surface area (Å²) in [6.45, 7) is -0.296. The van der Waals surface area contributed by atoms with Crippen molar-refractivity contribution in [2.45, 2.75) is 6.04 Å². The highest BCUT2D eigenvalue weighted by Crippen LogP contribution is 2.37. The second-order valence-corrected chi connectivity index (χ2v) is 6.23. The SMILES string of the molecule is O=C1COc2c(Cl)cc(Cl)cc2C(C(=O)Nc2ccc([N+](=O)[O-])cc2)N1. The second-order valence-electron chi connectivity index (χ2n) is 5.39. The van der Waals surface area contributed by atoms with Crippen molar-refractivity contribution in [2.24, 2.45) is 0 Å². The highest BCUT2D eigenvalue weighted by atomic mass is 35.5. The number of nitrogens with one attached hydrogen (secondary N) is 2. The van der Waals surface area contributed by atoms with Crippen molar-refractivity contribution in [3.8, 4) is 5.75 Å². The molecule has 3 rings (SSSR count). The highest BCUT2D eigenvalue weighted by molar-refractivity contribution is 6.35. The molecule has 0 aliphatic carbocycles. The predicted molar refractivity (Wildman–Crippen MR) is 94.6 cm³/mol. The molecule has 8 nitrogen and oxygen atoms in total. The predicted octanol–water partition coefficient (Wildman–Crippen LogP) is 3.09. The Morgan fingerprint density at radius 2 is 1.96 bits per heavy atom. The van der Waals surface area contributed by atoms with E-state index in [0.29, 0.717) is 11.3 Å². The molecular formula is C16H11Cl2N3O5. The number of nitro benzene ring substituents is 1. The molecule has 1 heterocycles. The molecule has 2 N–H and O–H groups in total. The number of anilines is 1. The van der Waals surface area contributed by atoms with Crippen LogP contribution in [0.5, 0.6) is 5.75 Å². The fourth-order valence-electron chi connectivity index (χ4n) is 2.45. The molecule has 1 unspecified atom stereocenters. The lowest BCUT2D eigenvalue weighted by Crippen LogP contribution is -2.37. The Hall–Kier alpha value is -2.84. The molecule has 134 valence electrons. The Morgan fingerprint density at radius 1 is 1.27 bits per heavy atom. The van der Waals surface area contributed by atoms with Gasteiger partial charge in [0.25, 0.3) is 17.5 Å². The van der Waals surface area contributed by atoms with E-state index in [4.69, 9.17) is 27.9 Å². The Bertz CT molecular complexity index is 902. The minimum absolute atomic E-state index is 0.108. The zero-order valence-corrected chi connectivity index (χ0v) is 14.5. The molecule has 1 atom stereocenters. The van der Waals surface area contributed by atoms with Gasteiger partial charge in [0.2, 0.25) is 0 Å². The van der Waals surface area contributed by atoms with E-state index in [-0.39, 0.29) is 28.1 Å². The lowest BCUT2D eigenvalue weighted by Gasteiger charge is -2.18. The molecule has 2 aromatic carbocycles. The Kier molecular flexibility index (Phi) is 4.97. The number of benzene rings is 2. The van der Waals surface area contributed by atoms with Crippen LogP contribution in [0.1, 0.15) is 11.6 Å². The number of ether oxygens (including phenoxy) is 1. The second kappa shape index (κ2) is 7.19. The molecule has 26 heavy (non-hydrogen) atoms. The van der Waals surface area contributed by atoms with Crippen LogP contribution in [-0.4, -0.2) is 23.3 Å². The first-order valence-electron chi connectivity index (χ1n) is 7.31. The van der Waals surface area contributed by atoms with Crippen LogP contribution < -0.4 is 15.4 Å². The topological polar surface area (TPSA) is 111 Å². The lowest BCUT2D eigenvalue weighted by atomic mass is 10.0. The Labute approximate surface area is 157 Å². The summed E-state index contributed by atoms with van der Waals surface area (Å²) in [5.74, 6) is -0.882. The molecule has 0 fully saturated rings. The average Bonchev–Trinajstić information content (AvgIpc) is 2.75. The maximum atomic E-state index is 12.7. The van der Waals surface area contributed by atoms with E-state index >= 15 is 0 Å². The smallest absolute Gasteiger partial charge is 0.269 e. The molecule has 0 spiro atoms. The quantitative estimate of drug-likeness (QED) is 0.612. The van der Waals surface area contributed by atoms with Crippen molar-refractivity contribution in [3.63, 3.8) is 0 Å². The van der Waals surface area contributed by atoms with Gasteiger partial charge in [0.1, 0.15) is 11.8 Å². The number of non-ortho nitro benzene ring substituents is 1. The van der Waals surface area contributed by atoms with Crippen molar-refractivity contribution in [3.05, 3.63) is 62.1 Å². The number of hydrogen-bond acceptors (Lipinski definition) is 5. The molecule has 0 aromatic heterocycles. The van der Waals surface area contributed by atoms with E-state index in [1.807, 2.05) is 0 Å². The number of carbonyl (C=O) groups is 2. The molecule has 0 saturated heterocycles. The number of hydrogen-bond donors (Lipinski definition) is 2. The monoisotopic (exact) mass is 395 g/mol. The van der Waals surface area contributed by atoms with Crippen molar-refractivity contribution in [2.75, 3.05) is 11.9 Å². The van der Waals surface area contributed by atoms with E-state index in [9.17, 15) is 19.7 Å². The number of nitrogens with zero attached hydrogens (tertiary/aromatic N) is 1. The van der Waals surface area contributed by atoms with Gasteiger partial charge in [0.05, 0.1) is 9.95 Å². The number of nitro groups is 1. The van der Waals surface area contributed by atoms with Gasteiger partial charge in [-0.3, -0.25) is 19.7 Å². The number of halogens is 2.